The summed E-state index contributed by atoms with van der Waals surface area (Å²) in [7, 11) is 2.14. The van der Waals surface area contributed by atoms with Crippen molar-refractivity contribution in [3.63, 3.8) is 0 Å². The molecule has 3 aliphatic rings. The number of halogens is 1. The number of anilines is 2. The summed E-state index contributed by atoms with van der Waals surface area (Å²) in [4.78, 5) is 31.3. The first-order chi connectivity index (χ1) is 21.0. The van der Waals surface area contributed by atoms with Crippen LogP contribution in [-0.2, 0) is 17.8 Å². The minimum absolute atomic E-state index is 0.143. The average molecular weight is 600 g/mol. The fourth-order valence-corrected chi connectivity index (χ4v) is 7.03. The standard InChI is InChI=1S/C33H38ClN7O2/c1-3-30(42)41-19-18-40(20-24(41)14-15-35)32-26-11-7-17-39(29-13-5-9-23-8-4-12-27(34)31(23)29)21-28(26)36-33(37-32)43-22-25-10-6-16-38(25)2/h3-5,8-9,12-13,24-25H,1,6-7,10-11,14,16-22H2,2H3/t24?,25-/m0/s1. The lowest BCUT2D eigenvalue weighted by Crippen LogP contribution is -2.55. The van der Waals surface area contributed by atoms with Gasteiger partial charge >= 0.3 is 6.01 Å². The molecule has 0 N–H and O–H groups in total. The third-order valence-electron chi connectivity index (χ3n) is 9.06. The molecule has 10 heteroatoms. The highest BCUT2D eigenvalue weighted by Gasteiger charge is 2.33. The maximum atomic E-state index is 12.6. The monoisotopic (exact) mass is 599 g/mol. The normalized spacial score (nSPS) is 20.9. The van der Waals surface area contributed by atoms with E-state index in [1.165, 1.54) is 6.08 Å². The molecule has 224 valence electrons. The molecule has 2 fully saturated rings. The fraction of sp³-hybridized carbons (Fsp3) is 0.455. The van der Waals surface area contributed by atoms with E-state index in [4.69, 9.17) is 26.3 Å². The van der Waals surface area contributed by atoms with Gasteiger partial charge in [-0.2, -0.15) is 15.2 Å². The van der Waals surface area contributed by atoms with Crippen LogP contribution in [0.4, 0.5) is 11.5 Å². The number of amides is 1. The zero-order valence-electron chi connectivity index (χ0n) is 24.7. The lowest BCUT2D eigenvalue weighted by molar-refractivity contribution is -0.128. The Balaban J connectivity index is 1.36. The molecule has 9 nitrogen and oxygen atoms in total. The first-order valence-electron chi connectivity index (χ1n) is 15.2. The highest BCUT2D eigenvalue weighted by molar-refractivity contribution is 6.36. The molecule has 0 saturated carbocycles. The number of carbonyl (C=O) groups excluding carboxylic acids is 1. The number of likely N-dealkylation sites (N-methyl/N-ethyl adjacent to an activating group) is 1. The fourth-order valence-electron chi connectivity index (χ4n) is 6.76. The molecule has 0 spiro atoms. The van der Waals surface area contributed by atoms with Crippen LogP contribution in [0.15, 0.2) is 49.1 Å². The molecule has 1 amide bonds. The van der Waals surface area contributed by atoms with Crippen molar-refractivity contribution in [1.82, 2.24) is 19.8 Å². The molecule has 6 rings (SSSR count). The van der Waals surface area contributed by atoms with Crippen LogP contribution in [-0.4, -0.2) is 84.1 Å². The van der Waals surface area contributed by atoms with E-state index >= 15 is 0 Å². The molecule has 0 radical (unpaired) electrons. The van der Waals surface area contributed by atoms with E-state index in [-0.39, 0.29) is 18.4 Å². The van der Waals surface area contributed by atoms with E-state index in [0.717, 1.165) is 77.3 Å². The number of ether oxygens (including phenoxy) is 1. The number of likely N-dealkylation sites (tertiary alicyclic amines) is 1. The van der Waals surface area contributed by atoms with Crippen LogP contribution in [0.25, 0.3) is 10.8 Å². The second-order valence-corrected chi connectivity index (χ2v) is 12.1. The van der Waals surface area contributed by atoms with Gasteiger partial charge in [-0.1, -0.05) is 42.4 Å². The average Bonchev–Trinajstić information content (AvgIpc) is 3.31. The molecule has 3 aliphatic heterocycles. The minimum Gasteiger partial charge on any atom is -0.462 e. The Morgan fingerprint density at radius 1 is 1.12 bits per heavy atom. The summed E-state index contributed by atoms with van der Waals surface area (Å²) in [6.07, 6.45) is 5.58. The molecule has 0 aliphatic carbocycles. The van der Waals surface area contributed by atoms with Gasteiger partial charge in [0.15, 0.2) is 0 Å². The van der Waals surface area contributed by atoms with Gasteiger partial charge in [-0.25, -0.2) is 0 Å². The lowest BCUT2D eigenvalue weighted by Gasteiger charge is -2.41. The smallest absolute Gasteiger partial charge is 0.318 e. The predicted molar refractivity (Wildman–Crippen MR) is 170 cm³/mol. The highest BCUT2D eigenvalue weighted by atomic mass is 35.5. The van der Waals surface area contributed by atoms with Crippen molar-refractivity contribution in [1.29, 1.82) is 5.26 Å². The summed E-state index contributed by atoms with van der Waals surface area (Å²) >= 11 is 6.73. The Morgan fingerprint density at radius 2 is 1.95 bits per heavy atom. The number of aromatic nitrogens is 2. The van der Waals surface area contributed by atoms with Gasteiger partial charge in [0.05, 0.1) is 35.8 Å². The first kappa shape index (κ1) is 29.2. The van der Waals surface area contributed by atoms with Gasteiger partial charge in [0.25, 0.3) is 0 Å². The minimum atomic E-state index is -0.244. The maximum absolute atomic E-state index is 12.6. The number of rotatable bonds is 7. The number of nitriles is 1. The summed E-state index contributed by atoms with van der Waals surface area (Å²) in [5.74, 6) is 0.710. The highest BCUT2D eigenvalue weighted by Crippen LogP contribution is 2.37. The second kappa shape index (κ2) is 12.8. The number of hydrogen-bond acceptors (Lipinski definition) is 8. The van der Waals surface area contributed by atoms with Crippen LogP contribution in [0, 0.1) is 11.3 Å². The maximum Gasteiger partial charge on any atom is 0.318 e. The summed E-state index contributed by atoms with van der Waals surface area (Å²) in [6.45, 7) is 8.35. The van der Waals surface area contributed by atoms with Crippen molar-refractivity contribution in [2.75, 3.05) is 56.2 Å². The summed E-state index contributed by atoms with van der Waals surface area (Å²) in [5, 5.41) is 12.4. The number of fused-ring (bicyclic) bond motifs is 2. The molecule has 1 unspecified atom stereocenters. The quantitative estimate of drug-likeness (QED) is 0.357. The van der Waals surface area contributed by atoms with Crippen LogP contribution in [0.3, 0.4) is 0 Å². The largest absolute Gasteiger partial charge is 0.462 e. The van der Waals surface area contributed by atoms with Crippen LogP contribution in [0.2, 0.25) is 5.02 Å². The summed E-state index contributed by atoms with van der Waals surface area (Å²) < 4.78 is 6.32. The van der Waals surface area contributed by atoms with Crippen molar-refractivity contribution in [2.45, 2.75) is 50.7 Å². The van der Waals surface area contributed by atoms with Crippen LogP contribution >= 0.6 is 11.6 Å². The van der Waals surface area contributed by atoms with Crippen LogP contribution in [0.5, 0.6) is 6.01 Å². The van der Waals surface area contributed by atoms with Crippen molar-refractivity contribution in [3.8, 4) is 12.1 Å². The molecule has 2 aromatic carbocycles. The van der Waals surface area contributed by atoms with Gasteiger partial charge in [0, 0.05) is 48.9 Å². The Morgan fingerprint density at radius 3 is 2.72 bits per heavy atom. The number of nitrogens with zero attached hydrogens (tertiary/aromatic N) is 7. The molecule has 43 heavy (non-hydrogen) atoms. The van der Waals surface area contributed by atoms with Gasteiger partial charge in [-0.05, 0) is 62.9 Å². The Labute approximate surface area is 258 Å². The first-order valence-corrected chi connectivity index (χ1v) is 15.5. The SMILES string of the molecule is C=CC(=O)N1CCN(c2nc(OC[C@@H]3CCCN3C)nc3c2CCCN(c2cccc4cccc(Cl)c24)C3)CC1CC#N. The van der Waals surface area contributed by atoms with E-state index in [0.29, 0.717) is 44.8 Å². The molecule has 2 saturated heterocycles. The topological polar surface area (TPSA) is 88.8 Å². The molecule has 1 aromatic heterocycles. The number of carbonyl (C=O) groups is 1. The Kier molecular flexibility index (Phi) is 8.68. The van der Waals surface area contributed by atoms with E-state index in [1.807, 2.05) is 12.1 Å². The van der Waals surface area contributed by atoms with Gasteiger partial charge in [-0.3, -0.25) is 4.79 Å². The molecule has 3 aromatic rings. The van der Waals surface area contributed by atoms with Crippen molar-refractivity contribution >= 4 is 39.8 Å². The number of piperazine rings is 1. The lowest BCUT2D eigenvalue weighted by atomic mass is 10.1. The van der Waals surface area contributed by atoms with Crippen molar-refractivity contribution < 1.29 is 9.53 Å². The molecule has 4 heterocycles. The molecular formula is C33H38ClN7O2. The zero-order valence-corrected chi connectivity index (χ0v) is 25.5. The van der Waals surface area contributed by atoms with Gasteiger partial charge in [0.2, 0.25) is 5.91 Å². The van der Waals surface area contributed by atoms with E-state index in [1.54, 1.807) is 4.90 Å². The van der Waals surface area contributed by atoms with Crippen LogP contribution in [0.1, 0.15) is 36.9 Å². The van der Waals surface area contributed by atoms with Crippen molar-refractivity contribution in [2.24, 2.45) is 0 Å². The van der Waals surface area contributed by atoms with E-state index in [9.17, 15) is 10.1 Å². The van der Waals surface area contributed by atoms with E-state index in [2.05, 4.69) is 58.7 Å². The zero-order chi connectivity index (χ0) is 29.9. The number of benzene rings is 2. The van der Waals surface area contributed by atoms with E-state index < -0.39 is 0 Å². The Bertz CT molecular complexity index is 1550. The van der Waals surface area contributed by atoms with Gasteiger partial charge in [-0.15, -0.1) is 0 Å². The second-order valence-electron chi connectivity index (χ2n) is 11.7. The third kappa shape index (κ3) is 5.99. The number of hydrogen-bond donors (Lipinski definition) is 0. The van der Waals surface area contributed by atoms with Gasteiger partial charge in [0.1, 0.15) is 12.4 Å². The summed E-state index contributed by atoms with van der Waals surface area (Å²) in [5.41, 5.74) is 3.15. The molecular weight excluding hydrogens is 562 g/mol. The van der Waals surface area contributed by atoms with Gasteiger partial charge < -0.3 is 24.3 Å². The van der Waals surface area contributed by atoms with Crippen LogP contribution < -0.4 is 14.5 Å². The third-order valence-corrected chi connectivity index (χ3v) is 9.38. The Hall–Kier alpha value is -3.87. The molecule has 2 atom stereocenters. The van der Waals surface area contributed by atoms with Crippen molar-refractivity contribution in [3.05, 3.63) is 65.3 Å². The molecule has 0 bridgehead atoms. The predicted octanol–water partition coefficient (Wildman–Crippen LogP) is 4.83. The summed E-state index contributed by atoms with van der Waals surface area (Å²) in [6, 6.07) is 15.1.